The Morgan fingerprint density at radius 1 is 0.967 bits per heavy atom. The van der Waals surface area contributed by atoms with E-state index in [0.29, 0.717) is 16.4 Å². The molecule has 156 valence electrons. The zero-order valence-electron chi connectivity index (χ0n) is 16.3. The largest absolute Gasteiger partial charge is 0.323 e. The van der Waals surface area contributed by atoms with Crippen LogP contribution in [0.4, 0.5) is 11.4 Å². The first kappa shape index (κ1) is 22.2. The highest BCUT2D eigenvalue weighted by Gasteiger charge is 2.27. The lowest BCUT2D eigenvalue weighted by molar-refractivity contribution is -0.114. The van der Waals surface area contributed by atoms with Crippen LogP contribution in [0.15, 0.2) is 88.7 Å². The number of benzene rings is 3. The first-order chi connectivity index (χ1) is 14.4. The Hall–Kier alpha value is -2.48. The molecule has 3 rings (SSSR count). The lowest BCUT2D eigenvalue weighted by Gasteiger charge is -2.24. The van der Waals surface area contributed by atoms with Gasteiger partial charge in [-0.25, -0.2) is 8.42 Å². The molecular weight excluding hydrogens is 440 g/mol. The molecule has 0 aliphatic rings. The second-order valence-corrected chi connectivity index (χ2v) is 9.88. The summed E-state index contributed by atoms with van der Waals surface area (Å²) in [7, 11) is -3.95. The molecule has 3 aromatic rings. The maximum atomic E-state index is 13.3. The second-order valence-electron chi connectivity index (χ2n) is 6.28. The van der Waals surface area contributed by atoms with Crippen molar-refractivity contribution in [3.8, 4) is 0 Å². The Morgan fingerprint density at radius 2 is 1.60 bits per heavy atom. The van der Waals surface area contributed by atoms with Crippen LogP contribution in [-0.2, 0) is 14.8 Å². The molecule has 0 radical (unpaired) electrons. The number of nitrogens with one attached hydrogen (secondary N) is 1. The van der Waals surface area contributed by atoms with Crippen LogP contribution in [0.2, 0.25) is 5.02 Å². The highest BCUT2D eigenvalue weighted by Crippen LogP contribution is 2.28. The molecule has 0 bridgehead atoms. The maximum absolute atomic E-state index is 13.3. The summed E-state index contributed by atoms with van der Waals surface area (Å²) in [5.41, 5.74) is 1.01. The molecule has 0 unspecified atom stereocenters. The van der Waals surface area contributed by atoms with Crippen LogP contribution in [-0.4, -0.2) is 26.6 Å². The van der Waals surface area contributed by atoms with Gasteiger partial charge in [0.05, 0.1) is 16.3 Å². The first-order valence-corrected chi connectivity index (χ1v) is 12.1. The van der Waals surface area contributed by atoms with E-state index in [1.165, 1.54) is 12.1 Å². The SMILES string of the molecule is CCSc1ccccc1NC(=O)CN(c1ccc(Cl)cc1)S(=O)(=O)c1ccccc1. The van der Waals surface area contributed by atoms with Gasteiger partial charge in [0.25, 0.3) is 10.0 Å². The van der Waals surface area contributed by atoms with Gasteiger partial charge in [-0.05, 0) is 54.3 Å². The van der Waals surface area contributed by atoms with Crippen molar-refractivity contribution in [1.82, 2.24) is 0 Å². The molecule has 0 aliphatic carbocycles. The average molecular weight is 461 g/mol. The Bertz CT molecular complexity index is 1100. The molecule has 1 N–H and O–H groups in total. The molecule has 0 aliphatic heterocycles. The molecule has 0 heterocycles. The normalized spacial score (nSPS) is 11.1. The number of halogens is 1. The minimum absolute atomic E-state index is 0.106. The van der Waals surface area contributed by atoms with Crippen LogP contribution >= 0.6 is 23.4 Å². The Balaban J connectivity index is 1.92. The molecule has 1 amide bonds. The van der Waals surface area contributed by atoms with Gasteiger partial charge in [-0.1, -0.05) is 48.9 Å². The van der Waals surface area contributed by atoms with E-state index in [9.17, 15) is 13.2 Å². The molecule has 3 aromatic carbocycles. The zero-order valence-corrected chi connectivity index (χ0v) is 18.7. The summed E-state index contributed by atoms with van der Waals surface area (Å²) in [6.07, 6.45) is 0. The number of carbonyl (C=O) groups is 1. The smallest absolute Gasteiger partial charge is 0.264 e. The van der Waals surface area contributed by atoms with Gasteiger partial charge in [-0.15, -0.1) is 11.8 Å². The van der Waals surface area contributed by atoms with E-state index < -0.39 is 15.9 Å². The maximum Gasteiger partial charge on any atom is 0.264 e. The number of hydrogen-bond donors (Lipinski definition) is 1. The number of para-hydroxylation sites is 1. The van der Waals surface area contributed by atoms with Crippen molar-refractivity contribution >= 4 is 50.7 Å². The van der Waals surface area contributed by atoms with Crippen molar-refractivity contribution in [3.05, 3.63) is 83.9 Å². The number of anilines is 2. The zero-order chi connectivity index (χ0) is 21.6. The molecular formula is C22H21ClN2O3S2. The lowest BCUT2D eigenvalue weighted by Crippen LogP contribution is -2.38. The Morgan fingerprint density at radius 3 is 2.27 bits per heavy atom. The Kier molecular flexibility index (Phi) is 7.42. The van der Waals surface area contributed by atoms with Crippen LogP contribution in [0.3, 0.4) is 0 Å². The van der Waals surface area contributed by atoms with Gasteiger partial charge in [0.1, 0.15) is 6.54 Å². The number of hydrogen-bond acceptors (Lipinski definition) is 4. The number of carbonyl (C=O) groups excluding carboxylic acids is 1. The molecule has 0 fully saturated rings. The summed E-state index contributed by atoms with van der Waals surface area (Å²) >= 11 is 7.56. The van der Waals surface area contributed by atoms with E-state index in [2.05, 4.69) is 5.32 Å². The van der Waals surface area contributed by atoms with Gasteiger partial charge in [-0.2, -0.15) is 0 Å². The predicted octanol–water partition coefficient (Wildman–Crippen LogP) is 5.29. The monoisotopic (exact) mass is 460 g/mol. The van der Waals surface area contributed by atoms with Crippen molar-refractivity contribution < 1.29 is 13.2 Å². The van der Waals surface area contributed by atoms with Crippen molar-refractivity contribution in [2.75, 3.05) is 21.9 Å². The minimum Gasteiger partial charge on any atom is -0.323 e. The number of rotatable bonds is 8. The third-order valence-electron chi connectivity index (χ3n) is 4.19. The number of thioether (sulfide) groups is 1. The summed E-state index contributed by atoms with van der Waals surface area (Å²) in [4.78, 5) is 13.9. The van der Waals surface area contributed by atoms with Crippen LogP contribution in [0, 0.1) is 0 Å². The molecule has 0 saturated heterocycles. The van der Waals surface area contributed by atoms with Crippen molar-refractivity contribution in [2.45, 2.75) is 16.7 Å². The molecule has 0 aromatic heterocycles. The van der Waals surface area contributed by atoms with Crippen LogP contribution in [0.1, 0.15) is 6.92 Å². The van der Waals surface area contributed by atoms with Gasteiger partial charge >= 0.3 is 0 Å². The highest BCUT2D eigenvalue weighted by atomic mass is 35.5. The highest BCUT2D eigenvalue weighted by molar-refractivity contribution is 7.99. The van der Waals surface area contributed by atoms with E-state index in [0.717, 1.165) is 15.0 Å². The number of sulfonamides is 1. The van der Waals surface area contributed by atoms with E-state index in [-0.39, 0.29) is 11.4 Å². The summed E-state index contributed by atoms with van der Waals surface area (Å²) in [5, 5.41) is 3.32. The molecule has 5 nitrogen and oxygen atoms in total. The van der Waals surface area contributed by atoms with E-state index in [4.69, 9.17) is 11.6 Å². The fraction of sp³-hybridized carbons (Fsp3) is 0.136. The van der Waals surface area contributed by atoms with E-state index >= 15 is 0 Å². The Labute approximate surface area is 186 Å². The summed E-state index contributed by atoms with van der Waals surface area (Å²) in [6, 6.07) is 21.8. The van der Waals surface area contributed by atoms with Gasteiger partial charge in [0.2, 0.25) is 5.91 Å². The minimum atomic E-state index is -3.95. The predicted molar refractivity (Wildman–Crippen MR) is 124 cm³/mol. The molecule has 0 saturated carbocycles. The molecule has 30 heavy (non-hydrogen) atoms. The van der Waals surface area contributed by atoms with Crippen molar-refractivity contribution in [2.24, 2.45) is 0 Å². The van der Waals surface area contributed by atoms with Gasteiger partial charge in [-0.3, -0.25) is 9.10 Å². The first-order valence-electron chi connectivity index (χ1n) is 9.27. The van der Waals surface area contributed by atoms with Crippen LogP contribution in [0.25, 0.3) is 0 Å². The molecule has 0 atom stereocenters. The standard InChI is InChI=1S/C22H21ClN2O3S2/c1-2-29-21-11-7-6-10-20(21)24-22(26)16-25(18-14-12-17(23)13-15-18)30(27,28)19-8-4-3-5-9-19/h3-15H,2,16H2,1H3,(H,24,26). The quantitative estimate of drug-likeness (QED) is 0.464. The second kappa shape index (κ2) is 10.0. The number of amides is 1. The van der Waals surface area contributed by atoms with Gasteiger partial charge < -0.3 is 5.32 Å². The third-order valence-corrected chi connectivity index (χ3v) is 7.19. The summed E-state index contributed by atoms with van der Waals surface area (Å²) in [6.45, 7) is 1.65. The summed E-state index contributed by atoms with van der Waals surface area (Å²) in [5.74, 6) is 0.417. The van der Waals surface area contributed by atoms with Gasteiger partial charge in [0, 0.05) is 9.92 Å². The van der Waals surface area contributed by atoms with Crippen molar-refractivity contribution in [1.29, 1.82) is 0 Å². The topological polar surface area (TPSA) is 66.5 Å². The summed E-state index contributed by atoms with van der Waals surface area (Å²) < 4.78 is 27.7. The van der Waals surface area contributed by atoms with Crippen LogP contribution < -0.4 is 9.62 Å². The number of nitrogens with zero attached hydrogens (tertiary/aromatic N) is 1. The molecule has 8 heteroatoms. The molecule has 0 spiro atoms. The van der Waals surface area contributed by atoms with Gasteiger partial charge in [0.15, 0.2) is 0 Å². The third kappa shape index (κ3) is 5.36. The fourth-order valence-electron chi connectivity index (χ4n) is 2.81. The van der Waals surface area contributed by atoms with Crippen molar-refractivity contribution in [3.63, 3.8) is 0 Å². The average Bonchev–Trinajstić information content (AvgIpc) is 2.75. The fourth-order valence-corrected chi connectivity index (χ4v) is 5.14. The lowest BCUT2D eigenvalue weighted by atomic mass is 10.3. The van der Waals surface area contributed by atoms with E-state index in [1.807, 2.05) is 25.1 Å². The van der Waals surface area contributed by atoms with E-state index in [1.54, 1.807) is 60.3 Å². The van der Waals surface area contributed by atoms with Crippen LogP contribution in [0.5, 0.6) is 0 Å².